The first-order valence-electron chi connectivity index (χ1n) is 3.40. The van der Waals surface area contributed by atoms with Crippen molar-refractivity contribution in [3.8, 4) is 0 Å². The maximum Gasteiger partial charge on any atom is 0.320 e. The minimum atomic E-state index is -3.39. The Kier molecular flexibility index (Phi) is 4.84. The smallest absolute Gasteiger partial charge is 0.320 e. The summed E-state index contributed by atoms with van der Waals surface area (Å²) in [6.45, 7) is -0.194. The van der Waals surface area contributed by atoms with Gasteiger partial charge < -0.3 is 9.84 Å². The zero-order valence-electron chi connectivity index (χ0n) is 6.82. The first-order valence-corrected chi connectivity index (χ1v) is 5.22. The Labute approximate surface area is 71.3 Å². The SMILES string of the molecule is COC(=O)CS(=O)(=O)CCCO. The van der Waals surface area contributed by atoms with Gasteiger partial charge in [0.05, 0.1) is 12.9 Å². The van der Waals surface area contributed by atoms with Crippen molar-refractivity contribution in [2.45, 2.75) is 6.42 Å². The molecule has 0 aromatic heterocycles. The number of carbonyl (C=O) groups is 1. The van der Waals surface area contributed by atoms with Crippen molar-refractivity contribution in [1.82, 2.24) is 0 Å². The van der Waals surface area contributed by atoms with E-state index >= 15 is 0 Å². The van der Waals surface area contributed by atoms with E-state index in [0.717, 1.165) is 7.11 Å². The molecule has 0 rings (SSSR count). The summed E-state index contributed by atoms with van der Waals surface area (Å²) in [5.74, 6) is -1.56. The molecule has 0 radical (unpaired) electrons. The lowest BCUT2D eigenvalue weighted by molar-refractivity contribution is -0.137. The summed E-state index contributed by atoms with van der Waals surface area (Å²) in [7, 11) is -2.26. The molecule has 0 atom stereocenters. The van der Waals surface area contributed by atoms with Crippen LogP contribution in [0.5, 0.6) is 0 Å². The predicted octanol–water partition coefficient (Wildman–Crippen LogP) is -1.04. The fourth-order valence-electron chi connectivity index (χ4n) is 0.595. The Morgan fingerprint density at radius 2 is 2.08 bits per heavy atom. The van der Waals surface area contributed by atoms with Gasteiger partial charge in [-0.05, 0) is 6.42 Å². The lowest BCUT2D eigenvalue weighted by atomic mass is 10.5. The van der Waals surface area contributed by atoms with E-state index in [1.807, 2.05) is 0 Å². The number of ether oxygens (including phenoxy) is 1. The average Bonchev–Trinajstić information content (AvgIpc) is 2.00. The number of aliphatic hydroxyl groups is 1. The van der Waals surface area contributed by atoms with E-state index in [9.17, 15) is 13.2 Å². The largest absolute Gasteiger partial charge is 0.468 e. The van der Waals surface area contributed by atoms with Crippen LogP contribution in [-0.4, -0.2) is 44.7 Å². The van der Waals surface area contributed by atoms with Gasteiger partial charge in [0, 0.05) is 6.61 Å². The number of hydrogen-bond donors (Lipinski definition) is 1. The Bertz CT molecular complexity index is 230. The van der Waals surface area contributed by atoms with Crippen LogP contribution in [0.15, 0.2) is 0 Å². The van der Waals surface area contributed by atoms with Gasteiger partial charge in [0.15, 0.2) is 9.84 Å². The van der Waals surface area contributed by atoms with Crippen LogP contribution in [0.2, 0.25) is 0 Å². The molecule has 5 nitrogen and oxygen atoms in total. The summed E-state index contributed by atoms with van der Waals surface area (Å²) in [6, 6.07) is 0. The molecule has 0 unspecified atom stereocenters. The second-order valence-corrected chi connectivity index (χ2v) is 4.43. The molecule has 0 saturated carbocycles. The third-order valence-electron chi connectivity index (χ3n) is 1.18. The Morgan fingerprint density at radius 1 is 1.50 bits per heavy atom. The van der Waals surface area contributed by atoms with Crippen molar-refractivity contribution < 1.29 is 23.1 Å². The molecule has 0 fully saturated rings. The molecule has 0 aromatic carbocycles. The highest BCUT2D eigenvalue weighted by Crippen LogP contribution is 1.94. The van der Waals surface area contributed by atoms with Crippen LogP contribution >= 0.6 is 0 Å². The summed E-state index contributed by atoms with van der Waals surface area (Å²) in [4.78, 5) is 10.5. The highest BCUT2D eigenvalue weighted by Gasteiger charge is 2.15. The first-order chi connectivity index (χ1) is 5.52. The maximum atomic E-state index is 10.9. The second kappa shape index (κ2) is 5.10. The molecule has 0 aliphatic carbocycles. The van der Waals surface area contributed by atoms with Crippen LogP contribution in [0.25, 0.3) is 0 Å². The van der Waals surface area contributed by atoms with Crippen LogP contribution < -0.4 is 0 Å². The molecule has 0 aliphatic heterocycles. The summed E-state index contributed by atoms with van der Waals surface area (Å²) in [5, 5.41) is 8.34. The highest BCUT2D eigenvalue weighted by atomic mass is 32.2. The van der Waals surface area contributed by atoms with Gasteiger partial charge in [0.25, 0.3) is 0 Å². The second-order valence-electron chi connectivity index (χ2n) is 2.25. The summed E-state index contributed by atoms with van der Waals surface area (Å²) >= 11 is 0. The number of sulfone groups is 1. The lowest BCUT2D eigenvalue weighted by Gasteiger charge is -2.00. The molecule has 72 valence electrons. The van der Waals surface area contributed by atoms with Crippen molar-refractivity contribution in [1.29, 1.82) is 0 Å². The van der Waals surface area contributed by atoms with E-state index in [-0.39, 0.29) is 18.8 Å². The molecule has 1 N–H and O–H groups in total. The number of rotatable bonds is 5. The lowest BCUT2D eigenvalue weighted by Crippen LogP contribution is -2.20. The molecular formula is C6H12O5S. The summed E-state index contributed by atoms with van der Waals surface area (Å²) in [6.07, 6.45) is 0.152. The highest BCUT2D eigenvalue weighted by molar-refractivity contribution is 7.92. The van der Waals surface area contributed by atoms with Gasteiger partial charge in [-0.25, -0.2) is 8.42 Å². The normalized spacial score (nSPS) is 11.2. The van der Waals surface area contributed by atoms with Crippen molar-refractivity contribution in [3.63, 3.8) is 0 Å². The van der Waals surface area contributed by atoms with Crippen LogP contribution in [0.4, 0.5) is 0 Å². The molecule has 0 saturated heterocycles. The van der Waals surface area contributed by atoms with Crippen molar-refractivity contribution in [2.75, 3.05) is 25.2 Å². The molecule has 0 aromatic rings. The molecule has 0 spiro atoms. The van der Waals surface area contributed by atoms with Crippen LogP contribution in [0, 0.1) is 0 Å². The molecule has 6 heteroatoms. The Balaban J connectivity index is 3.96. The van der Waals surface area contributed by atoms with E-state index in [2.05, 4.69) is 4.74 Å². The van der Waals surface area contributed by atoms with Crippen molar-refractivity contribution in [3.05, 3.63) is 0 Å². The van der Waals surface area contributed by atoms with E-state index in [1.54, 1.807) is 0 Å². The molecular weight excluding hydrogens is 184 g/mol. The zero-order valence-corrected chi connectivity index (χ0v) is 7.63. The first kappa shape index (κ1) is 11.4. The number of carbonyl (C=O) groups excluding carboxylic acids is 1. The fraction of sp³-hybridized carbons (Fsp3) is 0.833. The minimum absolute atomic E-state index is 0.152. The summed E-state index contributed by atoms with van der Waals surface area (Å²) < 4.78 is 26.1. The molecule has 0 amide bonds. The number of esters is 1. The fourth-order valence-corrected chi connectivity index (χ4v) is 1.79. The standard InChI is InChI=1S/C6H12O5S/c1-11-6(8)5-12(9,10)4-2-3-7/h7H,2-5H2,1H3. The monoisotopic (exact) mass is 196 g/mol. The van der Waals surface area contributed by atoms with Crippen molar-refractivity contribution in [2.24, 2.45) is 0 Å². The van der Waals surface area contributed by atoms with Crippen LogP contribution in [0.1, 0.15) is 6.42 Å². The maximum absolute atomic E-state index is 10.9. The van der Waals surface area contributed by atoms with Gasteiger partial charge in [-0.2, -0.15) is 0 Å². The van der Waals surface area contributed by atoms with Gasteiger partial charge in [0.1, 0.15) is 5.75 Å². The topological polar surface area (TPSA) is 80.7 Å². The third kappa shape index (κ3) is 5.09. The quantitative estimate of drug-likeness (QED) is 0.568. The Morgan fingerprint density at radius 3 is 2.50 bits per heavy atom. The van der Waals surface area contributed by atoms with Crippen LogP contribution in [-0.2, 0) is 19.4 Å². The number of hydrogen-bond acceptors (Lipinski definition) is 5. The zero-order chi connectivity index (χ0) is 9.61. The minimum Gasteiger partial charge on any atom is -0.468 e. The van der Waals surface area contributed by atoms with Gasteiger partial charge in [-0.1, -0.05) is 0 Å². The number of aliphatic hydroxyl groups excluding tert-OH is 1. The molecule has 12 heavy (non-hydrogen) atoms. The van der Waals surface area contributed by atoms with Crippen molar-refractivity contribution >= 4 is 15.8 Å². The average molecular weight is 196 g/mol. The molecule has 0 aliphatic rings. The molecule has 0 heterocycles. The summed E-state index contributed by atoms with van der Waals surface area (Å²) in [5.41, 5.74) is 0. The van der Waals surface area contributed by atoms with Gasteiger partial charge in [0.2, 0.25) is 0 Å². The number of methoxy groups -OCH3 is 1. The molecule has 0 bridgehead atoms. The van der Waals surface area contributed by atoms with Crippen LogP contribution in [0.3, 0.4) is 0 Å². The third-order valence-corrected chi connectivity index (χ3v) is 2.77. The Hall–Kier alpha value is -0.620. The predicted molar refractivity (Wildman–Crippen MR) is 42.4 cm³/mol. The van der Waals surface area contributed by atoms with E-state index < -0.39 is 21.6 Å². The van der Waals surface area contributed by atoms with Gasteiger partial charge in [-0.15, -0.1) is 0 Å². The van der Waals surface area contributed by atoms with Gasteiger partial charge >= 0.3 is 5.97 Å². The van der Waals surface area contributed by atoms with Gasteiger partial charge in [-0.3, -0.25) is 4.79 Å². The van der Waals surface area contributed by atoms with E-state index in [1.165, 1.54) is 0 Å². The van der Waals surface area contributed by atoms with E-state index in [0.29, 0.717) is 0 Å². The van der Waals surface area contributed by atoms with E-state index in [4.69, 9.17) is 5.11 Å².